The van der Waals surface area contributed by atoms with E-state index in [-0.39, 0.29) is 17.7 Å². The maximum absolute atomic E-state index is 13.6. The van der Waals surface area contributed by atoms with E-state index in [2.05, 4.69) is 60.3 Å². The predicted octanol–water partition coefficient (Wildman–Crippen LogP) is 8.09. The van der Waals surface area contributed by atoms with Crippen molar-refractivity contribution in [1.82, 2.24) is 9.80 Å². The van der Waals surface area contributed by atoms with Crippen LogP contribution in [0.15, 0.2) is 120 Å². The van der Waals surface area contributed by atoms with Crippen LogP contribution in [-0.4, -0.2) is 74.0 Å². The molecule has 5 nitrogen and oxygen atoms in total. The van der Waals surface area contributed by atoms with Crippen LogP contribution in [0.1, 0.15) is 47.9 Å². The fourth-order valence-electron chi connectivity index (χ4n) is 7.83. The number of methoxy groups -OCH3 is 1. The van der Waals surface area contributed by atoms with Crippen molar-refractivity contribution in [2.24, 2.45) is 11.8 Å². The molecule has 4 aromatic rings. The Balaban J connectivity index is 0.000000194. The second-order valence-corrected chi connectivity index (χ2v) is 14.4. The Morgan fingerprint density at radius 2 is 1.24 bits per heavy atom. The third kappa shape index (κ3) is 8.80. The van der Waals surface area contributed by atoms with Gasteiger partial charge < -0.3 is 24.7 Å². The first kappa shape index (κ1) is 37.2. The molecule has 4 unspecified atom stereocenters. The highest BCUT2D eigenvalue weighted by Crippen LogP contribution is 2.51. The van der Waals surface area contributed by atoms with Gasteiger partial charge in [-0.05, 0) is 99.9 Å². The molecule has 0 bridgehead atoms. The summed E-state index contributed by atoms with van der Waals surface area (Å²) in [6.07, 6.45) is 8.37. The van der Waals surface area contributed by atoms with E-state index in [4.69, 9.17) is 4.74 Å². The van der Waals surface area contributed by atoms with E-state index in [1.165, 1.54) is 12.1 Å². The Morgan fingerprint density at radius 3 is 1.84 bits per heavy atom. The highest BCUT2D eigenvalue weighted by atomic mass is 19.1. The average molecular weight is 677 g/mol. The average Bonchev–Trinajstić information content (AvgIpc) is 3.56. The van der Waals surface area contributed by atoms with Gasteiger partial charge in [0.2, 0.25) is 0 Å². The molecule has 2 aliphatic rings. The van der Waals surface area contributed by atoms with Crippen LogP contribution in [0, 0.1) is 17.7 Å². The van der Waals surface area contributed by atoms with Crippen LogP contribution < -0.4 is 4.74 Å². The van der Waals surface area contributed by atoms with Crippen LogP contribution in [0.4, 0.5) is 4.39 Å². The summed E-state index contributed by atoms with van der Waals surface area (Å²) in [6, 6.07) is 34.7. The molecule has 0 spiro atoms. The first-order valence-corrected chi connectivity index (χ1v) is 17.7. The Kier molecular flexibility index (Phi) is 12.5. The van der Waals surface area contributed by atoms with Crippen LogP contribution in [0.25, 0.3) is 12.2 Å². The molecule has 2 fully saturated rings. The molecule has 4 atom stereocenters. The van der Waals surface area contributed by atoms with E-state index >= 15 is 0 Å². The molecule has 6 heteroatoms. The lowest BCUT2D eigenvalue weighted by molar-refractivity contribution is 0.0196. The quantitative estimate of drug-likeness (QED) is 0.178. The lowest BCUT2D eigenvalue weighted by Crippen LogP contribution is -2.42. The number of halogens is 1. The standard InChI is InChI=1S/C22H26FNO.C22H27NO2/c1-24(2)16-20-12-11-19(13-17-7-4-3-5-8-17)22(20,25)15-18-9-6-10-21(23)14-18;1-23(2)16-19-14-13-18(15-17-9-5-4-6-10-17)22(19,24)20-11-7-8-12-21(20)25-3/h3-10,13-14,20,25H,11-12,15-16H2,1-2H3;4-12,15,19,24H,13-14,16H2,1-3H3. The van der Waals surface area contributed by atoms with Gasteiger partial charge in [0.05, 0.1) is 12.7 Å². The highest BCUT2D eigenvalue weighted by molar-refractivity contribution is 5.60. The molecular weight excluding hydrogens is 623 g/mol. The second kappa shape index (κ2) is 16.8. The summed E-state index contributed by atoms with van der Waals surface area (Å²) < 4.78 is 19.2. The van der Waals surface area contributed by atoms with E-state index in [1.807, 2.05) is 80.8 Å². The molecule has 0 amide bonds. The molecule has 4 aromatic carbocycles. The SMILES string of the molecule is CN(C)CC1CCC(=Cc2ccccc2)C1(O)Cc1cccc(F)c1.COc1ccccc1C1(O)C(=Cc2ccccc2)CCC1CN(C)C. The Morgan fingerprint density at radius 1 is 0.700 bits per heavy atom. The molecule has 264 valence electrons. The number of rotatable bonds is 10. The molecule has 2 saturated carbocycles. The number of para-hydroxylation sites is 1. The van der Waals surface area contributed by atoms with E-state index in [9.17, 15) is 14.6 Å². The smallest absolute Gasteiger partial charge is 0.125 e. The van der Waals surface area contributed by atoms with E-state index in [0.717, 1.165) is 77.9 Å². The van der Waals surface area contributed by atoms with Gasteiger partial charge in [-0.3, -0.25) is 0 Å². The number of aliphatic hydroxyl groups is 2. The van der Waals surface area contributed by atoms with Crippen LogP contribution in [-0.2, 0) is 12.0 Å². The van der Waals surface area contributed by atoms with Crippen molar-refractivity contribution in [1.29, 1.82) is 0 Å². The topological polar surface area (TPSA) is 56.2 Å². The summed E-state index contributed by atoms with van der Waals surface area (Å²) in [6.45, 7) is 1.65. The zero-order chi connectivity index (χ0) is 35.7. The zero-order valence-corrected chi connectivity index (χ0v) is 30.2. The molecule has 0 radical (unpaired) electrons. The van der Waals surface area contributed by atoms with Crippen LogP contribution in [0.5, 0.6) is 5.75 Å². The van der Waals surface area contributed by atoms with Crippen molar-refractivity contribution >= 4 is 12.2 Å². The van der Waals surface area contributed by atoms with Crippen molar-refractivity contribution in [3.63, 3.8) is 0 Å². The number of ether oxygens (including phenoxy) is 1. The van der Waals surface area contributed by atoms with E-state index in [0.29, 0.717) is 6.42 Å². The van der Waals surface area contributed by atoms with Gasteiger partial charge in [-0.2, -0.15) is 0 Å². The van der Waals surface area contributed by atoms with Gasteiger partial charge in [0, 0.05) is 36.9 Å². The molecule has 0 heterocycles. The minimum Gasteiger partial charge on any atom is -0.496 e. The summed E-state index contributed by atoms with van der Waals surface area (Å²) in [7, 11) is 9.84. The predicted molar refractivity (Wildman–Crippen MR) is 203 cm³/mol. The van der Waals surface area contributed by atoms with Crippen molar-refractivity contribution in [2.45, 2.75) is 43.3 Å². The fourth-order valence-corrected chi connectivity index (χ4v) is 7.83. The van der Waals surface area contributed by atoms with Crippen molar-refractivity contribution in [3.8, 4) is 5.75 Å². The maximum atomic E-state index is 13.6. The minimum absolute atomic E-state index is 0.133. The number of nitrogens with zero attached hydrogens (tertiary/aromatic N) is 2. The minimum atomic E-state index is -1.01. The summed E-state index contributed by atoms with van der Waals surface area (Å²) in [4.78, 5) is 4.27. The van der Waals surface area contributed by atoms with E-state index < -0.39 is 11.2 Å². The lowest BCUT2D eigenvalue weighted by Gasteiger charge is -2.35. The first-order chi connectivity index (χ1) is 24.0. The fraction of sp³-hybridized carbons (Fsp3) is 0.364. The third-order valence-electron chi connectivity index (χ3n) is 10.2. The maximum Gasteiger partial charge on any atom is 0.125 e. The molecule has 2 aliphatic carbocycles. The highest BCUT2D eigenvalue weighted by Gasteiger charge is 2.48. The molecule has 0 saturated heterocycles. The van der Waals surface area contributed by atoms with Crippen molar-refractivity contribution in [2.75, 3.05) is 48.4 Å². The van der Waals surface area contributed by atoms with E-state index in [1.54, 1.807) is 13.2 Å². The van der Waals surface area contributed by atoms with Crippen LogP contribution in [0.3, 0.4) is 0 Å². The van der Waals surface area contributed by atoms with Gasteiger partial charge >= 0.3 is 0 Å². The van der Waals surface area contributed by atoms with Crippen molar-refractivity contribution in [3.05, 3.63) is 148 Å². The second-order valence-electron chi connectivity index (χ2n) is 14.4. The lowest BCUT2D eigenvalue weighted by atomic mass is 9.80. The summed E-state index contributed by atoms with van der Waals surface area (Å²) in [5.74, 6) is 0.765. The van der Waals surface area contributed by atoms with Crippen LogP contribution >= 0.6 is 0 Å². The Bertz CT molecular complexity index is 1740. The van der Waals surface area contributed by atoms with Gasteiger partial charge in [-0.15, -0.1) is 0 Å². The Labute approximate surface area is 298 Å². The molecule has 50 heavy (non-hydrogen) atoms. The largest absolute Gasteiger partial charge is 0.496 e. The summed E-state index contributed by atoms with van der Waals surface area (Å²) >= 11 is 0. The number of hydrogen-bond donors (Lipinski definition) is 2. The zero-order valence-electron chi connectivity index (χ0n) is 30.2. The van der Waals surface area contributed by atoms with Crippen LogP contribution in [0.2, 0.25) is 0 Å². The summed E-state index contributed by atoms with van der Waals surface area (Å²) in [5, 5.41) is 23.6. The monoisotopic (exact) mass is 676 g/mol. The van der Waals surface area contributed by atoms with Gasteiger partial charge in [0.15, 0.2) is 0 Å². The molecule has 0 aliphatic heterocycles. The van der Waals surface area contributed by atoms with Gasteiger partial charge in [-0.1, -0.05) is 103 Å². The molecular formula is C44H53FN2O3. The summed E-state index contributed by atoms with van der Waals surface area (Å²) in [5.41, 5.74) is 4.10. The normalized spacial score (nSPS) is 24.9. The number of benzene rings is 4. The van der Waals surface area contributed by atoms with Gasteiger partial charge in [-0.25, -0.2) is 4.39 Å². The number of hydrogen-bond acceptors (Lipinski definition) is 5. The Hall–Kier alpha value is -4.07. The molecule has 0 aromatic heterocycles. The third-order valence-corrected chi connectivity index (χ3v) is 10.2. The van der Waals surface area contributed by atoms with Crippen molar-refractivity contribution < 1.29 is 19.3 Å². The first-order valence-electron chi connectivity index (χ1n) is 17.7. The van der Waals surface area contributed by atoms with Gasteiger partial charge in [0.25, 0.3) is 0 Å². The molecule has 6 rings (SSSR count). The van der Waals surface area contributed by atoms with Gasteiger partial charge in [0.1, 0.15) is 17.2 Å². The molecule has 2 N–H and O–H groups in total.